The molecule has 0 aliphatic rings. The summed E-state index contributed by atoms with van der Waals surface area (Å²) in [7, 11) is 3.85. The average molecular weight is 314 g/mol. The first-order valence-electron chi connectivity index (χ1n) is 8.04. The van der Waals surface area contributed by atoms with Crippen LogP contribution < -0.4 is 16.4 Å². The summed E-state index contributed by atoms with van der Waals surface area (Å²) >= 11 is 0. The van der Waals surface area contributed by atoms with E-state index in [-0.39, 0.29) is 24.0 Å². The molecule has 0 spiro atoms. The van der Waals surface area contributed by atoms with Gasteiger partial charge in [0.1, 0.15) is 0 Å². The fraction of sp³-hybridized carbons (Fsp3) is 0.812. The molecular formula is C16H34N4O2. The van der Waals surface area contributed by atoms with Crippen LogP contribution in [0.2, 0.25) is 0 Å². The van der Waals surface area contributed by atoms with Gasteiger partial charge in [-0.1, -0.05) is 20.4 Å². The van der Waals surface area contributed by atoms with E-state index in [2.05, 4.69) is 17.2 Å². The molecule has 6 heteroatoms. The van der Waals surface area contributed by atoms with Crippen LogP contribution in [0.5, 0.6) is 0 Å². The molecule has 2 atom stereocenters. The number of nitrogens with zero attached hydrogens (tertiary/aromatic N) is 1. The zero-order chi connectivity index (χ0) is 17.0. The van der Waals surface area contributed by atoms with Crippen LogP contribution in [0.3, 0.4) is 0 Å². The van der Waals surface area contributed by atoms with E-state index < -0.39 is 0 Å². The molecule has 0 rings (SSSR count). The van der Waals surface area contributed by atoms with Crippen LogP contribution in [-0.4, -0.2) is 63.3 Å². The lowest BCUT2D eigenvalue weighted by Crippen LogP contribution is -2.47. The normalized spacial score (nSPS) is 14.1. The third kappa shape index (κ3) is 9.02. The minimum atomic E-state index is -0.265. The number of hydrogen-bond acceptors (Lipinski definition) is 5. The van der Waals surface area contributed by atoms with E-state index in [1.807, 2.05) is 32.8 Å². The van der Waals surface area contributed by atoms with Crippen LogP contribution in [0.15, 0.2) is 12.8 Å². The number of hydrogen-bond donors (Lipinski definition) is 3. The predicted octanol–water partition coefficient (Wildman–Crippen LogP) is 0.546. The number of nitrogens with two attached hydrogens (primary N) is 1. The Labute approximate surface area is 135 Å². The highest BCUT2D eigenvalue weighted by molar-refractivity contribution is 5.80. The molecule has 130 valence electrons. The van der Waals surface area contributed by atoms with Gasteiger partial charge in [0.15, 0.2) is 0 Å². The lowest BCUT2D eigenvalue weighted by atomic mass is 10.0. The molecule has 0 fully saturated rings. The van der Waals surface area contributed by atoms with E-state index in [1.165, 1.54) is 0 Å². The molecule has 0 saturated heterocycles. The number of carbonyl (C=O) groups excluding carboxylic acids is 1. The maximum Gasteiger partial charge on any atom is 0.235 e. The first kappa shape index (κ1) is 20.9. The molecule has 4 N–H and O–H groups in total. The van der Waals surface area contributed by atoms with E-state index >= 15 is 0 Å². The number of amides is 1. The van der Waals surface area contributed by atoms with Gasteiger partial charge >= 0.3 is 0 Å². The Bertz CT molecular complexity index is 311. The van der Waals surface area contributed by atoms with Crippen molar-refractivity contribution in [3.05, 3.63) is 12.8 Å². The van der Waals surface area contributed by atoms with Crippen molar-refractivity contribution in [2.45, 2.75) is 38.8 Å². The van der Waals surface area contributed by atoms with Crippen molar-refractivity contribution in [2.24, 2.45) is 11.7 Å². The first-order valence-corrected chi connectivity index (χ1v) is 8.04. The monoisotopic (exact) mass is 314 g/mol. The molecule has 0 aromatic carbocycles. The van der Waals surface area contributed by atoms with Crippen LogP contribution in [0.4, 0.5) is 0 Å². The Morgan fingerprint density at radius 2 is 2.05 bits per heavy atom. The number of primary amides is 1. The Hall–Kier alpha value is -1.11. The third-order valence-corrected chi connectivity index (χ3v) is 3.66. The summed E-state index contributed by atoms with van der Waals surface area (Å²) in [6, 6.07) is -0.232. The SMILES string of the molecule is C=CNCCC(CCN(C)C(C(N)=O)C(C)C)OCCNC. The maximum atomic E-state index is 11.6. The van der Waals surface area contributed by atoms with Gasteiger partial charge in [0, 0.05) is 19.6 Å². The highest BCUT2D eigenvalue weighted by atomic mass is 16.5. The van der Waals surface area contributed by atoms with Crippen molar-refractivity contribution in [3.63, 3.8) is 0 Å². The molecule has 0 aliphatic heterocycles. The average Bonchev–Trinajstić information content (AvgIpc) is 2.43. The Morgan fingerprint density at radius 3 is 2.55 bits per heavy atom. The van der Waals surface area contributed by atoms with Gasteiger partial charge < -0.3 is 21.1 Å². The fourth-order valence-electron chi connectivity index (χ4n) is 2.53. The second-order valence-corrected chi connectivity index (χ2v) is 5.90. The molecule has 0 bridgehead atoms. The summed E-state index contributed by atoms with van der Waals surface area (Å²) in [5, 5.41) is 6.17. The standard InChI is InChI=1S/C16H34N4O2/c1-6-19-9-7-14(22-12-10-18-4)8-11-20(5)15(13(2)3)16(17)21/h6,13-15,18-19H,1,7-12H2,2-5H3,(H2,17,21). The predicted molar refractivity (Wildman–Crippen MR) is 91.6 cm³/mol. The molecule has 22 heavy (non-hydrogen) atoms. The molecule has 0 heterocycles. The fourth-order valence-corrected chi connectivity index (χ4v) is 2.53. The number of likely N-dealkylation sites (N-methyl/N-ethyl adjacent to an activating group) is 2. The molecule has 0 saturated carbocycles. The molecule has 0 radical (unpaired) electrons. The van der Waals surface area contributed by atoms with E-state index in [0.717, 1.165) is 32.5 Å². The summed E-state index contributed by atoms with van der Waals surface area (Å²) in [4.78, 5) is 13.6. The van der Waals surface area contributed by atoms with E-state index in [1.54, 1.807) is 6.20 Å². The minimum Gasteiger partial charge on any atom is -0.391 e. The van der Waals surface area contributed by atoms with Gasteiger partial charge in [-0.2, -0.15) is 0 Å². The van der Waals surface area contributed by atoms with Crippen LogP contribution in [0.1, 0.15) is 26.7 Å². The molecule has 0 aromatic rings. The van der Waals surface area contributed by atoms with Gasteiger partial charge in [-0.15, -0.1) is 0 Å². The van der Waals surface area contributed by atoms with Crippen LogP contribution >= 0.6 is 0 Å². The zero-order valence-corrected chi connectivity index (χ0v) is 14.6. The lowest BCUT2D eigenvalue weighted by molar-refractivity contribution is -0.124. The largest absolute Gasteiger partial charge is 0.391 e. The van der Waals surface area contributed by atoms with E-state index in [4.69, 9.17) is 10.5 Å². The number of rotatable bonds is 14. The highest BCUT2D eigenvalue weighted by Crippen LogP contribution is 2.12. The highest BCUT2D eigenvalue weighted by Gasteiger charge is 2.24. The van der Waals surface area contributed by atoms with Crippen LogP contribution in [0, 0.1) is 5.92 Å². The lowest BCUT2D eigenvalue weighted by Gasteiger charge is -2.30. The van der Waals surface area contributed by atoms with Crippen molar-refractivity contribution in [1.82, 2.24) is 15.5 Å². The molecular weight excluding hydrogens is 280 g/mol. The molecule has 0 aromatic heterocycles. The topological polar surface area (TPSA) is 79.6 Å². The molecule has 0 aliphatic carbocycles. The quantitative estimate of drug-likeness (QED) is 0.408. The van der Waals surface area contributed by atoms with E-state index in [9.17, 15) is 4.79 Å². The summed E-state index contributed by atoms with van der Waals surface area (Å²) in [5.41, 5.74) is 5.50. The molecule has 1 amide bonds. The van der Waals surface area contributed by atoms with Crippen molar-refractivity contribution in [2.75, 3.05) is 40.3 Å². The van der Waals surface area contributed by atoms with Crippen LogP contribution in [0.25, 0.3) is 0 Å². The minimum absolute atomic E-state index is 0.156. The summed E-state index contributed by atoms with van der Waals surface area (Å²) in [5.74, 6) is -0.0629. The zero-order valence-electron chi connectivity index (χ0n) is 14.6. The summed E-state index contributed by atoms with van der Waals surface area (Å²) in [6.07, 6.45) is 3.63. The molecule has 2 unspecified atom stereocenters. The van der Waals surface area contributed by atoms with Gasteiger partial charge in [-0.3, -0.25) is 9.69 Å². The van der Waals surface area contributed by atoms with Gasteiger partial charge in [-0.05, 0) is 39.1 Å². The van der Waals surface area contributed by atoms with Crippen molar-refractivity contribution >= 4 is 5.91 Å². The van der Waals surface area contributed by atoms with Crippen molar-refractivity contribution in [1.29, 1.82) is 0 Å². The smallest absolute Gasteiger partial charge is 0.235 e. The van der Waals surface area contributed by atoms with Gasteiger partial charge in [0.2, 0.25) is 5.91 Å². The Balaban J connectivity index is 4.37. The van der Waals surface area contributed by atoms with E-state index in [0.29, 0.717) is 6.61 Å². The maximum absolute atomic E-state index is 11.6. The number of nitrogens with one attached hydrogen (secondary N) is 2. The van der Waals surface area contributed by atoms with Gasteiger partial charge in [0.05, 0.1) is 18.8 Å². The van der Waals surface area contributed by atoms with Gasteiger partial charge in [-0.25, -0.2) is 0 Å². The summed E-state index contributed by atoms with van der Waals surface area (Å²) in [6.45, 7) is 10.8. The van der Waals surface area contributed by atoms with Crippen LogP contribution in [-0.2, 0) is 9.53 Å². The third-order valence-electron chi connectivity index (χ3n) is 3.66. The first-order chi connectivity index (χ1) is 10.4. The number of carbonyl (C=O) groups is 1. The van der Waals surface area contributed by atoms with Crippen molar-refractivity contribution in [3.8, 4) is 0 Å². The Kier molecular flexibility index (Phi) is 11.8. The Morgan fingerprint density at radius 1 is 1.36 bits per heavy atom. The molecule has 6 nitrogen and oxygen atoms in total. The second kappa shape index (κ2) is 12.4. The second-order valence-electron chi connectivity index (χ2n) is 5.90. The van der Waals surface area contributed by atoms with Gasteiger partial charge in [0.25, 0.3) is 0 Å². The number of ether oxygens (including phenoxy) is 1. The summed E-state index contributed by atoms with van der Waals surface area (Å²) < 4.78 is 5.90. The van der Waals surface area contributed by atoms with Crippen molar-refractivity contribution < 1.29 is 9.53 Å².